The molecule has 0 saturated carbocycles. The molecular formula is C15H14ClF3N2O2. The molecule has 8 heteroatoms. The van der Waals surface area contributed by atoms with E-state index >= 15 is 0 Å². The van der Waals surface area contributed by atoms with Crippen molar-refractivity contribution in [1.82, 2.24) is 4.98 Å². The van der Waals surface area contributed by atoms with Gasteiger partial charge < -0.3 is 15.0 Å². The van der Waals surface area contributed by atoms with Crippen molar-refractivity contribution in [3.8, 4) is 0 Å². The second-order valence-corrected chi connectivity index (χ2v) is 6.01. The minimum absolute atomic E-state index is 0.234. The van der Waals surface area contributed by atoms with E-state index in [9.17, 15) is 23.1 Å². The summed E-state index contributed by atoms with van der Waals surface area (Å²) in [5, 5.41) is 10.4. The van der Waals surface area contributed by atoms with Crippen molar-refractivity contribution < 1.29 is 18.3 Å². The minimum atomic E-state index is -4.66. The number of nitrogens with zero attached hydrogens (tertiary/aromatic N) is 1. The number of nitrogens with one attached hydrogen (secondary N) is 1. The van der Waals surface area contributed by atoms with Gasteiger partial charge >= 0.3 is 6.18 Å². The predicted molar refractivity (Wildman–Crippen MR) is 82.0 cm³/mol. The van der Waals surface area contributed by atoms with Crippen molar-refractivity contribution in [2.75, 3.05) is 11.4 Å². The van der Waals surface area contributed by atoms with Gasteiger partial charge in [-0.05, 0) is 31.0 Å². The van der Waals surface area contributed by atoms with Gasteiger partial charge in [-0.15, -0.1) is 0 Å². The fraction of sp³-hybridized carbons (Fsp3) is 0.400. The molecule has 23 heavy (non-hydrogen) atoms. The molecule has 0 radical (unpaired) electrons. The molecule has 1 aromatic carbocycles. The van der Waals surface area contributed by atoms with Crippen LogP contribution in [0.5, 0.6) is 0 Å². The molecule has 2 heterocycles. The third-order valence-corrected chi connectivity index (χ3v) is 4.42. The number of anilines is 1. The van der Waals surface area contributed by atoms with Gasteiger partial charge in [-0.2, -0.15) is 13.2 Å². The maximum atomic E-state index is 12.8. The van der Waals surface area contributed by atoms with Crippen LogP contribution in [0.2, 0.25) is 5.02 Å². The number of hydrogen-bond donors (Lipinski definition) is 2. The summed E-state index contributed by atoms with van der Waals surface area (Å²) in [5.74, 6) is 0. The largest absolute Gasteiger partial charge is 0.416 e. The number of fused-ring (bicyclic) bond motifs is 1. The highest BCUT2D eigenvalue weighted by atomic mass is 35.5. The number of aromatic amines is 1. The average Bonchev–Trinajstić information content (AvgIpc) is 2.94. The van der Waals surface area contributed by atoms with Crippen LogP contribution >= 0.6 is 11.6 Å². The molecule has 1 fully saturated rings. The van der Waals surface area contributed by atoms with E-state index in [1.165, 1.54) is 6.07 Å². The zero-order chi connectivity index (χ0) is 16.8. The first kappa shape index (κ1) is 16.1. The van der Waals surface area contributed by atoms with Crippen LogP contribution in [0.1, 0.15) is 12.8 Å². The fourth-order valence-electron chi connectivity index (χ4n) is 3.04. The summed E-state index contributed by atoms with van der Waals surface area (Å²) in [5.41, 5.74) is 0.706. The molecule has 2 N–H and O–H groups in total. The van der Waals surface area contributed by atoms with E-state index in [1.54, 1.807) is 23.1 Å². The number of halogens is 4. The van der Waals surface area contributed by atoms with Crippen molar-refractivity contribution in [3.63, 3.8) is 0 Å². The molecule has 124 valence electrons. The second-order valence-electron chi connectivity index (χ2n) is 5.60. The summed E-state index contributed by atoms with van der Waals surface area (Å²) in [6.07, 6.45) is -6.23. The quantitative estimate of drug-likeness (QED) is 0.878. The second kappa shape index (κ2) is 5.72. The van der Waals surface area contributed by atoms with Gasteiger partial charge in [0.2, 0.25) is 5.56 Å². The molecule has 2 atom stereocenters. The van der Waals surface area contributed by atoms with Crippen molar-refractivity contribution >= 4 is 28.2 Å². The number of alkyl halides is 3. The molecule has 0 bridgehead atoms. The lowest BCUT2D eigenvalue weighted by molar-refractivity contribution is -0.209. The van der Waals surface area contributed by atoms with Crippen LogP contribution in [-0.2, 0) is 0 Å². The molecule has 4 nitrogen and oxygen atoms in total. The molecule has 2 aromatic rings. The molecule has 1 aliphatic heterocycles. The zero-order valence-electron chi connectivity index (χ0n) is 11.9. The Hall–Kier alpha value is -1.73. The van der Waals surface area contributed by atoms with Crippen LogP contribution in [0.3, 0.4) is 0 Å². The monoisotopic (exact) mass is 346 g/mol. The highest BCUT2D eigenvalue weighted by molar-refractivity contribution is 6.35. The smallest absolute Gasteiger partial charge is 0.382 e. The number of aliphatic hydroxyl groups excluding tert-OH is 1. The number of aliphatic hydroxyl groups is 1. The molecule has 0 spiro atoms. The maximum Gasteiger partial charge on any atom is 0.416 e. The Morgan fingerprint density at radius 2 is 2.09 bits per heavy atom. The summed E-state index contributed by atoms with van der Waals surface area (Å²) < 4.78 is 38.4. The van der Waals surface area contributed by atoms with Crippen molar-refractivity contribution in [3.05, 3.63) is 39.6 Å². The van der Waals surface area contributed by atoms with Gasteiger partial charge in [0.25, 0.3) is 0 Å². The summed E-state index contributed by atoms with van der Waals surface area (Å²) in [4.78, 5) is 15.5. The van der Waals surface area contributed by atoms with Gasteiger partial charge in [0.1, 0.15) is 0 Å². The third kappa shape index (κ3) is 3.03. The number of benzene rings is 1. The summed E-state index contributed by atoms with van der Waals surface area (Å²) in [6.45, 7) is 0.421. The van der Waals surface area contributed by atoms with Crippen LogP contribution in [0, 0.1) is 0 Å². The first-order valence-corrected chi connectivity index (χ1v) is 7.49. The zero-order valence-corrected chi connectivity index (χ0v) is 12.7. The van der Waals surface area contributed by atoms with E-state index in [0.29, 0.717) is 29.6 Å². The van der Waals surface area contributed by atoms with Gasteiger partial charge in [-0.1, -0.05) is 11.6 Å². The van der Waals surface area contributed by atoms with E-state index in [1.807, 2.05) is 0 Å². The Kier molecular flexibility index (Phi) is 4.01. The Labute approximate surface area is 134 Å². The predicted octanol–water partition coefficient (Wildman–Crippen LogP) is 3.07. The SMILES string of the molecule is O=c1cc(Cl)c2cc(N3CCCC3C(O)C(F)(F)F)ccc2[nH]1. The Morgan fingerprint density at radius 1 is 1.35 bits per heavy atom. The molecule has 1 aliphatic rings. The van der Waals surface area contributed by atoms with Crippen molar-refractivity contribution in [2.24, 2.45) is 0 Å². The first-order valence-electron chi connectivity index (χ1n) is 7.11. The fourth-order valence-corrected chi connectivity index (χ4v) is 3.29. The molecule has 1 saturated heterocycles. The van der Waals surface area contributed by atoms with E-state index in [4.69, 9.17) is 11.6 Å². The topological polar surface area (TPSA) is 56.3 Å². The molecule has 0 aliphatic carbocycles. The number of aromatic nitrogens is 1. The lowest BCUT2D eigenvalue weighted by Gasteiger charge is -2.31. The number of rotatable bonds is 2. The summed E-state index contributed by atoms with van der Waals surface area (Å²) in [6, 6.07) is 5.06. The first-order chi connectivity index (χ1) is 10.8. The third-order valence-electron chi connectivity index (χ3n) is 4.11. The highest BCUT2D eigenvalue weighted by Gasteiger charge is 2.47. The molecule has 2 unspecified atom stereocenters. The molecule has 1 aromatic heterocycles. The van der Waals surface area contributed by atoms with Crippen molar-refractivity contribution in [1.29, 1.82) is 0 Å². The highest BCUT2D eigenvalue weighted by Crippen LogP contribution is 2.35. The van der Waals surface area contributed by atoms with Crippen LogP contribution in [-0.4, -0.2) is 35.0 Å². The number of hydrogen-bond acceptors (Lipinski definition) is 3. The number of pyridine rings is 1. The van der Waals surface area contributed by atoms with Crippen LogP contribution in [0.25, 0.3) is 10.9 Å². The Bertz CT molecular complexity index is 790. The Balaban J connectivity index is 2.00. The number of H-pyrrole nitrogens is 1. The summed E-state index contributed by atoms with van der Waals surface area (Å²) in [7, 11) is 0. The van der Waals surface area contributed by atoms with Crippen LogP contribution in [0.15, 0.2) is 29.1 Å². The van der Waals surface area contributed by atoms with E-state index < -0.39 is 18.3 Å². The molecular weight excluding hydrogens is 333 g/mol. The van der Waals surface area contributed by atoms with Crippen LogP contribution in [0.4, 0.5) is 18.9 Å². The van der Waals surface area contributed by atoms with Crippen LogP contribution < -0.4 is 10.5 Å². The van der Waals surface area contributed by atoms with Gasteiger partial charge in [0.15, 0.2) is 6.10 Å². The Morgan fingerprint density at radius 3 is 2.78 bits per heavy atom. The van der Waals surface area contributed by atoms with Crippen molar-refractivity contribution in [2.45, 2.75) is 31.2 Å². The van der Waals surface area contributed by atoms with Gasteiger partial charge in [-0.3, -0.25) is 4.79 Å². The average molecular weight is 347 g/mol. The van der Waals surface area contributed by atoms with Gasteiger partial charge in [0.05, 0.1) is 11.1 Å². The van der Waals surface area contributed by atoms with Gasteiger partial charge in [0, 0.05) is 29.2 Å². The van der Waals surface area contributed by atoms with E-state index in [2.05, 4.69) is 4.98 Å². The summed E-state index contributed by atoms with van der Waals surface area (Å²) >= 11 is 6.04. The lowest BCUT2D eigenvalue weighted by atomic mass is 10.1. The van der Waals surface area contributed by atoms with E-state index in [0.717, 1.165) is 0 Å². The van der Waals surface area contributed by atoms with Gasteiger partial charge in [-0.25, -0.2) is 0 Å². The molecule has 3 rings (SSSR count). The minimum Gasteiger partial charge on any atom is -0.382 e. The molecule has 0 amide bonds. The lowest BCUT2D eigenvalue weighted by Crippen LogP contribution is -2.47. The maximum absolute atomic E-state index is 12.8. The standard InChI is InChI=1S/C15H14ClF3N2O2/c16-10-7-13(22)20-11-4-3-8(6-9(10)11)21-5-1-2-12(21)14(23)15(17,18)19/h3-4,6-7,12,14,23H,1-2,5H2,(H,20,22). The van der Waals surface area contributed by atoms with E-state index in [-0.39, 0.29) is 17.0 Å². The normalized spacial score (nSPS) is 20.2.